The first-order valence-electron chi connectivity index (χ1n) is 8.86. The maximum absolute atomic E-state index is 12.7. The summed E-state index contributed by atoms with van der Waals surface area (Å²) in [6.07, 6.45) is -0.758. The molecule has 2 aromatic heterocycles. The Morgan fingerprint density at radius 1 is 1.17 bits per heavy atom. The van der Waals surface area contributed by atoms with E-state index < -0.39 is 12.1 Å². The Morgan fingerprint density at radius 3 is 2.48 bits per heavy atom. The second kappa shape index (κ2) is 8.44. The zero-order chi connectivity index (χ0) is 21.1. The van der Waals surface area contributed by atoms with Gasteiger partial charge in [-0.25, -0.2) is 4.79 Å². The van der Waals surface area contributed by atoms with Gasteiger partial charge < -0.3 is 19.2 Å². The molecule has 0 aliphatic rings. The van der Waals surface area contributed by atoms with Crippen molar-refractivity contribution >= 4 is 28.2 Å². The lowest BCUT2D eigenvalue weighted by Crippen LogP contribution is -2.14. The zero-order valence-corrected chi connectivity index (χ0v) is 17.5. The average Bonchev–Trinajstić information content (AvgIpc) is 3.27. The van der Waals surface area contributed by atoms with Crippen LogP contribution in [0.15, 0.2) is 28.7 Å². The van der Waals surface area contributed by atoms with E-state index in [2.05, 4.69) is 15.5 Å². The monoisotopic (exact) mass is 415 g/mol. The largest absolute Gasteiger partial charge is 0.497 e. The van der Waals surface area contributed by atoms with Crippen molar-refractivity contribution in [2.45, 2.75) is 33.8 Å². The summed E-state index contributed by atoms with van der Waals surface area (Å²) in [5, 5.41) is 11.2. The van der Waals surface area contributed by atoms with Crippen LogP contribution in [0, 0.1) is 13.8 Å². The van der Waals surface area contributed by atoms with Crippen LogP contribution in [0.4, 0.5) is 5.00 Å². The number of nitrogens with zero attached hydrogens (tertiary/aromatic N) is 2. The molecular weight excluding hydrogens is 394 g/mol. The first kappa shape index (κ1) is 20.5. The van der Waals surface area contributed by atoms with Gasteiger partial charge in [0.2, 0.25) is 11.8 Å². The third kappa shape index (κ3) is 4.45. The van der Waals surface area contributed by atoms with Crippen molar-refractivity contribution in [3.8, 4) is 17.2 Å². The molecule has 3 aromatic rings. The van der Waals surface area contributed by atoms with E-state index in [4.69, 9.17) is 13.9 Å². The Bertz CT molecular complexity index is 1040. The highest BCUT2D eigenvalue weighted by molar-refractivity contribution is 7.16. The Kier molecular flexibility index (Phi) is 5.97. The third-order valence-corrected chi connectivity index (χ3v) is 5.41. The summed E-state index contributed by atoms with van der Waals surface area (Å²) in [5.74, 6) is 0.385. The highest BCUT2D eigenvalue weighted by Crippen LogP contribution is 2.34. The normalized spacial score (nSPS) is 11.8. The molecule has 0 spiro atoms. The Hall–Kier alpha value is -3.20. The zero-order valence-electron chi connectivity index (χ0n) is 16.7. The summed E-state index contributed by atoms with van der Waals surface area (Å²) in [4.78, 5) is 25.1. The standard InChI is InChI=1S/C20H21N3O5S/c1-10-12(3)29-19(21-13(4)24)16(10)20(25)27-11(2)17-22-23-18(28-17)14-6-8-15(26-5)9-7-14/h6-9,11H,1-5H3,(H,21,24)/t11-/m1/s1. The van der Waals surface area contributed by atoms with Gasteiger partial charge in [0.1, 0.15) is 10.8 Å². The highest BCUT2D eigenvalue weighted by atomic mass is 32.1. The number of hydrogen-bond acceptors (Lipinski definition) is 8. The average molecular weight is 415 g/mol. The van der Waals surface area contributed by atoms with E-state index in [1.54, 1.807) is 38.3 Å². The van der Waals surface area contributed by atoms with Gasteiger partial charge in [-0.2, -0.15) is 0 Å². The minimum atomic E-state index is -0.758. The van der Waals surface area contributed by atoms with Crippen LogP contribution in [0.2, 0.25) is 0 Å². The highest BCUT2D eigenvalue weighted by Gasteiger charge is 2.25. The molecule has 0 radical (unpaired) electrons. The number of aromatic nitrogens is 2. The van der Waals surface area contributed by atoms with Crippen molar-refractivity contribution < 1.29 is 23.5 Å². The molecule has 1 atom stereocenters. The number of rotatable bonds is 6. The Labute approximate surface area is 171 Å². The van der Waals surface area contributed by atoms with Crippen molar-refractivity contribution in [3.05, 3.63) is 46.2 Å². The summed E-state index contributed by atoms with van der Waals surface area (Å²) in [5.41, 5.74) is 1.82. The maximum atomic E-state index is 12.7. The number of ether oxygens (including phenoxy) is 2. The number of thiophene rings is 1. The number of esters is 1. The molecule has 0 bridgehead atoms. The van der Waals surface area contributed by atoms with Gasteiger partial charge in [-0.15, -0.1) is 21.5 Å². The van der Waals surface area contributed by atoms with Gasteiger partial charge >= 0.3 is 5.97 Å². The smallest absolute Gasteiger partial charge is 0.342 e. The molecular formula is C20H21N3O5S. The molecule has 0 unspecified atom stereocenters. The van der Waals surface area contributed by atoms with Crippen LogP contribution in [0.25, 0.3) is 11.5 Å². The van der Waals surface area contributed by atoms with Gasteiger partial charge in [-0.05, 0) is 50.6 Å². The quantitative estimate of drug-likeness (QED) is 0.599. The molecule has 0 aliphatic heterocycles. The molecule has 29 heavy (non-hydrogen) atoms. The van der Waals surface area contributed by atoms with Crippen LogP contribution in [0.1, 0.15) is 46.6 Å². The summed E-state index contributed by atoms with van der Waals surface area (Å²) < 4.78 is 16.3. The van der Waals surface area contributed by atoms with Crippen LogP contribution in [0.5, 0.6) is 5.75 Å². The number of anilines is 1. The molecule has 0 aliphatic carbocycles. The van der Waals surface area contributed by atoms with Crippen molar-refractivity contribution in [2.75, 3.05) is 12.4 Å². The van der Waals surface area contributed by atoms with Crippen molar-refractivity contribution in [1.29, 1.82) is 0 Å². The molecule has 1 aromatic carbocycles. The van der Waals surface area contributed by atoms with Gasteiger partial charge in [0.15, 0.2) is 6.10 Å². The molecule has 3 rings (SSSR count). The number of carbonyl (C=O) groups is 2. The molecule has 0 saturated carbocycles. The fourth-order valence-corrected chi connectivity index (χ4v) is 3.73. The Morgan fingerprint density at radius 2 is 1.86 bits per heavy atom. The number of amides is 1. The van der Waals surface area contributed by atoms with Crippen LogP contribution in [0.3, 0.4) is 0 Å². The molecule has 8 nitrogen and oxygen atoms in total. The van der Waals surface area contributed by atoms with Crippen molar-refractivity contribution in [2.24, 2.45) is 0 Å². The molecule has 152 valence electrons. The van der Waals surface area contributed by atoms with E-state index in [-0.39, 0.29) is 11.8 Å². The maximum Gasteiger partial charge on any atom is 0.342 e. The first-order valence-corrected chi connectivity index (χ1v) is 9.68. The summed E-state index contributed by atoms with van der Waals surface area (Å²) >= 11 is 1.33. The predicted molar refractivity (Wildman–Crippen MR) is 108 cm³/mol. The van der Waals surface area contributed by atoms with Crippen LogP contribution in [-0.4, -0.2) is 29.2 Å². The second-order valence-corrected chi connectivity index (χ2v) is 7.61. The molecule has 0 fully saturated rings. The summed E-state index contributed by atoms with van der Waals surface area (Å²) in [6, 6.07) is 7.16. The fourth-order valence-electron chi connectivity index (χ4n) is 2.64. The lowest BCUT2D eigenvalue weighted by Gasteiger charge is -2.11. The number of carbonyl (C=O) groups excluding carboxylic acids is 2. The van der Waals surface area contributed by atoms with E-state index in [0.29, 0.717) is 22.2 Å². The number of hydrogen-bond donors (Lipinski definition) is 1. The van der Waals surface area contributed by atoms with Crippen LogP contribution >= 0.6 is 11.3 Å². The minimum absolute atomic E-state index is 0.176. The molecule has 9 heteroatoms. The lowest BCUT2D eigenvalue weighted by molar-refractivity contribution is -0.114. The third-order valence-electron chi connectivity index (χ3n) is 4.29. The van der Waals surface area contributed by atoms with Crippen LogP contribution < -0.4 is 10.1 Å². The van der Waals surface area contributed by atoms with Gasteiger partial charge in [0, 0.05) is 17.4 Å². The second-order valence-electron chi connectivity index (χ2n) is 6.39. The molecule has 2 heterocycles. The van der Waals surface area contributed by atoms with E-state index in [1.165, 1.54) is 18.3 Å². The SMILES string of the molecule is COc1ccc(-c2nnc([C@@H](C)OC(=O)c3c(NC(C)=O)sc(C)c3C)o2)cc1. The summed E-state index contributed by atoms with van der Waals surface area (Å²) in [6.45, 7) is 6.73. The fraction of sp³-hybridized carbons (Fsp3) is 0.300. The summed E-state index contributed by atoms with van der Waals surface area (Å²) in [7, 11) is 1.59. The van der Waals surface area contributed by atoms with Gasteiger partial charge in [-0.1, -0.05) is 0 Å². The van der Waals surface area contributed by atoms with Crippen molar-refractivity contribution in [1.82, 2.24) is 10.2 Å². The predicted octanol–water partition coefficient (Wildman–Crippen LogP) is 4.30. The van der Waals surface area contributed by atoms with Gasteiger partial charge in [0.25, 0.3) is 5.89 Å². The number of aryl methyl sites for hydroxylation is 1. The number of benzene rings is 1. The first-order chi connectivity index (χ1) is 13.8. The number of methoxy groups -OCH3 is 1. The molecule has 1 amide bonds. The van der Waals surface area contributed by atoms with Crippen LogP contribution in [-0.2, 0) is 9.53 Å². The van der Waals surface area contributed by atoms with Gasteiger partial charge in [0.05, 0.1) is 12.7 Å². The molecule has 0 saturated heterocycles. The topological polar surface area (TPSA) is 104 Å². The molecule has 1 N–H and O–H groups in total. The van der Waals surface area contributed by atoms with Gasteiger partial charge in [-0.3, -0.25) is 4.79 Å². The van der Waals surface area contributed by atoms with E-state index >= 15 is 0 Å². The van der Waals surface area contributed by atoms with E-state index in [9.17, 15) is 9.59 Å². The van der Waals surface area contributed by atoms with Crippen molar-refractivity contribution in [3.63, 3.8) is 0 Å². The van der Waals surface area contributed by atoms with E-state index in [1.807, 2.05) is 13.8 Å². The minimum Gasteiger partial charge on any atom is -0.497 e. The Balaban J connectivity index is 1.77. The number of nitrogens with one attached hydrogen (secondary N) is 1. The lowest BCUT2D eigenvalue weighted by atomic mass is 10.1. The van der Waals surface area contributed by atoms with E-state index in [0.717, 1.165) is 16.0 Å².